The van der Waals surface area contributed by atoms with Gasteiger partial charge < -0.3 is 9.32 Å². The van der Waals surface area contributed by atoms with E-state index in [4.69, 9.17) is 16.0 Å². The number of rotatable bonds is 6. The molecule has 32 heavy (non-hydrogen) atoms. The van der Waals surface area contributed by atoms with Gasteiger partial charge in [0.25, 0.3) is 5.56 Å². The number of carbonyl (C=O) groups is 1. The third-order valence-electron chi connectivity index (χ3n) is 5.10. The molecule has 1 amide bonds. The molecule has 2 aromatic heterocycles. The van der Waals surface area contributed by atoms with E-state index in [2.05, 4.69) is 4.98 Å². The quantitative estimate of drug-likeness (QED) is 0.295. The third kappa shape index (κ3) is 4.59. The van der Waals surface area contributed by atoms with Gasteiger partial charge in [-0.1, -0.05) is 41.6 Å². The monoisotopic (exact) mass is 467 g/mol. The fourth-order valence-corrected chi connectivity index (χ4v) is 4.50. The number of hydrogen-bond acceptors (Lipinski definition) is 5. The number of aryl methyl sites for hydroxylation is 2. The number of fused-ring (bicyclic) bond motifs is 1. The number of furan rings is 1. The summed E-state index contributed by atoms with van der Waals surface area (Å²) in [6, 6.07) is 16.3. The van der Waals surface area contributed by atoms with E-state index in [9.17, 15) is 9.59 Å². The van der Waals surface area contributed by atoms with Crippen molar-refractivity contribution >= 4 is 40.2 Å². The van der Waals surface area contributed by atoms with Gasteiger partial charge in [0.2, 0.25) is 5.91 Å². The second-order valence-electron chi connectivity index (χ2n) is 7.53. The molecule has 0 radical (unpaired) electrons. The average Bonchev–Trinajstić information content (AvgIpc) is 3.17. The second-order valence-corrected chi connectivity index (χ2v) is 8.91. The first-order chi connectivity index (χ1) is 15.3. The lowest BCUT2D eigenvalue weighted by molar-refractivity contribution is -0.127. The minimum absolute atomic E-state index is 0.0965. The van der Waals surface area contributed by atoms with E-state index in [0.717, 1.165) is 22.8 Å². The zero-order valence-corrected chi connectivity index (χ0v) is 19.5. The summed E-state index contributed by atoms with van der Waals surface area (Å²) in [5, 5.41) is 1.41. The largest absolute Gasteiger partial charge is 0.464 e. The Balaban J connectivity index is 1.67. The molecule has 4 rings (SSSR count). The summed E-state index contributed by atoms with van der Waals surface area (Å²) in [6.07, 6.45) is 0. The fourth-order valence-electron chi connectivity index (χ4n) is 3.39. The highest BCUT2D eigenvalue weighted by atomic mass is 35.5. The molecule has 4 aromatic rings. The van der Waals surface area contributed by atoms with Crippen molar-refractivity contribution in [2.24, 2.45) is 0 Å². The minimum Gasteiger partial charge on any atom is -0.464 e. The van der Waals surface area contributed by atoms with Crippen LogP contribution in [0.3, 0.4) is 0 Å². The lowest BCUT2D eigenvalue weighted by atomic mass is 10.2. The summed E-state index contributed by atoms with van der Waals surface area (Å²) < 4.78 is 7.13. The maximum atomic E-state index is 13.4. The lowest BCUT2D eigenvalue weighted by Crippen LogP contribution is -2.28. The number of halogens is 1. The standard InChI is InChI=1S/C24H22ClN3O3S/c1-15-6-4-5-7-21(15)28-23(30)19-11-9-17(25)12-20(19)26-24(28)32-14-22(29)27(3)13-18-10-8-16(2)31-18/h4-12H,13-14H2,1-3H3. The fraction of sp³-hybridized carbons (Fsp3) is 0.208. The molecule has 0 aliphatic rings. The predicted molar refractivity (Wildman–Crippen MR) is 128 cm³/mol. The van der Waals surface area contributed by atoms with E-state index < -0.39 is 0 Å². The number of aromatic nitrogens is 2. The summed E-state index contributed by atoms with van der Waals surface area (Å²) in [5.74, 6) is 1.55. The van der Waals surface area contributed by atoms with Crippen molar-refractivity contribution in [2.45, 2.75) is 25.5 Å². The van der Waals surface area contributed by atoms with Gasteiger partial charge in [0.05, 0.1) is 28.9 Å². The van der Waals surface area contributed by atoms with Crippen LogP contribution in [0, 0.1) is 13.8 Å². The molecule has 0 aliphatic carbocycles. The van der Waals surface area contributed by atoms with Crippen LogP contribution in [0.4, 0.5) is 0 Å². The molecule has 0 saturated carbocycles. The average molecular weight is 468 g/mol. The summed E-state index contributed by atoms with van der Waals surface area (Å²) in [6.45, 7) is 4.18. The molecule has 0 unspecified atom stereocenters. The van der Waals surface area contributed by atoms with Crippen LogP contribution in [-0.2, 0) is 11.3 Å². The number of benzene rings is 2. The molecule has 0 atom stereocenters. The van der Waals surface area contributed by atoms with Crippen LogP contribution >= 0.6 is 23.4 Å². The van der Waals surface area contributed by atoms with Crippen molar-refractivity contribution in [3.8, 4) is 5.69 Å². The van der Waals surface area contributed by atoms with Crippen LogP contribution in [0.2, 0.25) is 5.02 Å². The molecule has 0 saturated heterocycles. The topological polar surface area (TPSA) is 68.3 Å². The van der Waals surface area contributed by atoms with Gasteiger partial charge in [-0.05, 0) is 55.8 Å². The van der Waals surface area contributed by atoms with Crippen LogP contribution in [0.15, 0.2) is 69.0 Å². The first-order valence-electron chi connectivity index (χ1n) is 10.0. The molecular formula is C24H22ClN3O3S. The van der Waals surface area contributed by atoms with Gasteiger partial charge >= 0.3 is 0 Å². The van der Waals surface area contributed by atoms with E-state index >= 15 is 0 Å². The van der Waals surface area contributed by atoms with Crippen LogP contribution < -0.4 is 5.56 Å². The van der Waals surface area contributed by atoms with Crippen LogP contribution in [0.25, 0.3) is 16.6 Å². The summed E-state index contributed by atoms with van der Waals surface area (Å²) in [7, 11) is 1.72. The first-order valence-corrected chi connectivity index (χ1v) is 11.4. The smallest absolute Gasteiger partial charge is 0.266 e. The van der Waals surface area contributed by atoms with Gasteiger partial charge in [-0.3, -0.25) is 14.2 Å². The normalized spacial score (nSPS) is 11.1. The maximum Gasteiger partial charge on any atom is 0.266 e. The van der Waals surface area contributed by atoms with Crippen LogP contribution in [-0.4, -0.2) is 33.2 Å². The van der Waals surface area contributed by atoms with E-state index in [1.165, 1.54) is 11.8 Å². The van der Waals surface area contributed by atoms with E-state index in [0.29, 0.717) is 27.6 Å². The number of nitrogens with zero attached hydrogens (tertiary/aromatic N) is 3. The molecule has 0 aliphatic heterocycles. The van der Waals surface area contributed by atoms with Crippen molar-refractivity contribution in [2.75, 3.05) is 12.8 Å². The van der Waals surface area contributed by atoms with Gasteiger partial charge in [0, 0.05) is 12.1 Å². The zero-order valence-electron chi connectivity index (χ0n) is 18.0. The molecule has 2 heterocycles. The summed E-state index contributed by atoms with van der Waals surface area (Å²) in [4.78, 5) is 32.4. The Morgan fingerprint density at radius 3 is 2.66 bits per heavy atom. The first kappa shape index (κ1) is 22.2. The van der Waals surface area contributed by atoms with Crippen LogP contribution in [0.1, 0.15) is 17.1 Å². The van der Waals surface area contributed by atoms with Crippen molar-refractivity contribution in [1.29, 1.82) is 0 Å². The Morgan fingerprint density at radius 1 is 1.16 bits per heavy atom. The van der Waals surface area contributed by atoms with Crippen molar-refractivity contribution in [3.05, 3.63) is 87.1 Å². The highest BCUT2D eigenvalue weighted by Crippen LogP contribution is 2.25. The number of carbonyl (C=O) groups excluding carboxylic acids is 1. The molecule has 0 N–H and O–H groups in total. The van der Waals surface area contributed by atoms with Gasteiger partial charge in [0.15, 0.2) is 5.16 Å². The Hall–Kier alpha value is -3.03. The third-order valence-corrected chi connectivity index (χ3v) is 6.25. The van der Waals surface area contributed by atoms with E-state index in [-0.39, 0.29) is 17.2 Å². The number of para-hydroxylation sites is 1. The second kappa shape index (κ2) is 9.22. The van der Waals surface area contributed by atoms with Crippen molar-refractivity contribution in [1.82, 2.24) is 14.5 Å². The zero-order chi connectivity index (χ0) is 22.8. The molecule has 8 heteroatoms. The highest BCUT2D eigenvalue weighted by molar-refractivity contribution is 7.99. The molecule has 6 nitrogen and oxygen atoms in total. The minimum atomic E-state index is -0.199. The molecule has 0 fully saturated rings. The van der Waals surface area contributed by atoms with Gasteiger partial charge in [-0.2, -0.15) is 0 Å². The van der Waals surface area contributed by atoms with Gasteiger partial charge in [0.1, 0.15) is 11.5 Å². The maximum absolute atomic E-state index is 13.4. The van der Waals surface area contributed by atoms with Crippen molar-refractivity contribution in [3.63, 3.8) is 0 Å². The molecule has 0 spiro atoms. The van der Waals surface area contributed by atoms with Crippen LogP contribution in [0.5, 0.6) is 0 Å². The molecule has 2 aromatic carbocycles. The van der Waals surface area contributed by atoms with Crippen molar-refractivity contribution < 1.29 is 9.21 Å². The molecular weight excluding hydrogens is 446 g/mol. The van der Waals surface area contributed by atoms with Gasteiger partial charge in [-0.15, -0.1) is 0 Å². The van der Waals surface area contributed by atoms with E-state index in [1.807, 2.05) is 50.2 Å². The summed E-state index contributed by atoms with van der Waals surface area (Å²) >= 11 is 7.35. The Morgan fingerprint density at radius 2 is 1.94 bits per heavy atom. The number of amides is 1. The number of hydrogen-bond donors (Lipinski definition) is 0. The Bertz CT molecular complexity index is 1360. The number of thioether (sulfide) groups is 1. The highest BCUT2D eigenvalue weighted by Gasteiger charge is 2.18. The molecule has 0 bridgehead atoms. The van der Waals surface area contributed by atoms with E-state index in [1.54, 1.807) is 34.7 Å². The van der Waals surface area contributed by atoms with Gasteiger partial charge in [-0.25, -0.2) is 4.98 Å². The lowest BCUT2D eigenvalue weighted by Gasteiger charge is -2.17. The molecule has 164 valence electrons. The SMILES string of the molecule is Cc1ccc(CN(C)C(=O)CSc2nc3cc(Cl)ccc3c(=O)n2-c2ccccc2C)o1. The Kier molecular flexibility index (Phi) is 6.39. The summed E-state index contributed by atoms with van der Waals surface area (Å²) in [5.41, 5.74) is 1.97. The Labute approximate surface area is 194 Å². The predicted octanol–water partition coefficient (Wildman–Crippen LogP) is 5.00.